The third kappa shape index (κ3) is 4.80. The van der Waals surface area contributed by atoms with Gasteiger partial charge in [-0.3, -0.25) is 14.4 Å². The predicted molar refractivity (Wildman–Crippen MR) is 132 cm³/mol. The highest BCUT2D eigenvalue weighted by Crippen LogP contribution is 2.34. The van der Waals surface area contributed by atoms with Crippen molar-refractivity contribution < 1.29 is 14.4 Å². The monoisotopic (exact) mass is 480 g/mol. The number of carbonyl (C=O) groups excluding carboxylic acids is 3. The van der Waals surface area contributed by atoms with Crippen LogP contribution in [0.5, 0.6) is 0 Å². The number of hydrogen-bond acceptors (Lipinski definition) is 3. The zero-order valence-electron chi connectivity index (χ0n) is 19.3. The predicted octanol–water partition coefficient (Wildman–Crippen LogP) is 3.03. The number of fused-ring (bicyclic) bond motifs is 3. The largest absolute Gasteiger partial charge is 0.368 e. The molecule has 5 N–H and O–H groups in total. The van der Waals surface area contributed by atoms with Crippen molar-refractivity contribution in [3.05, 3.63) is 70.4 Å². The number of nitrogens with one attached hydrogen (secondary N) is 3. The number of aromatic nitrogens is 1. The van der Waals surface area contributed by atoms with E-state index in [1.54, 1.807) is 18.2 Å². The van der Waals surface area contributed by atoms with Crippen molar-refractivity contribution in [2.45, 2.75) is 51.1 Å². The second-order valence-electron chi connectivity index (χ2n) is 9.34. The van der Waals surface area contributed by atoms with Crippen LogP contribution in [-0.2, 0) is 33.6 Å². The van der Waals surface area contributed by atoms with Crippen molar-refractivity contribution in [2.75, 3.05) is 0 Å². The molecule has 0 bridgehead atoms. The van der Waals surface area contributed by atoms with E-state index in [1.807, 2.05) is 44.2 Å². The van der Waals surface area contributed by atoms with E-state index in [-0.39, 0.29) is 18.2 Å². The summed E-state index contributed by atoms with van der Waals surface area (Å²) in [6.07, 6.45) is 1.37. The molecule has 0 saturated carbocycles. The summed E-state index contributed by atoms with van der Waals surface area (Å²) in [5.41, 5.74) is 8.14. The van der Waals surface area contributed by atoms with E-state index in [4.69, 9.17) is 17.3 Å². The first-order chi connectivity index (χ1) is 16.2. The molecule has 1 heterocycles. The van der Waals surface area contributed by atoms with Crippen LogP contribution in [-0.4, -0.2) is 34.3 Å². The summed E-state index contributed by atoms with van der Waals surface area (Å²) in [7, 11) is 0. The number of aromatic amines is 1. The van der Waals surface area contributed by atoms with Gasteiger partial charge in [-0.25, -0.2) is 0 Å². The average molecular weight is 481 g/mol. The minimum absolute atomic E-state index is 0.0831. The van der Waals surface area contributed by atoms with Crippen LogP contribution < -0.4 is 16.4 Å². The fourth-order valence-electron chi connectivity index (χ4n) is 4.75. The first-order valence-corrected chi connectivity index (χ1v) is 11.8. The van der Waals surface area contributed by atoms with E-state index < -0.39 is 23.4 Å². The molecule has 0 radical (unpaired) electrons. The zero-order chi connectivity index (χ0) is 24.5. The van der Waals surface area contributed by atoms with Crippen LogP contribution >= 0.6 is 11.6 Å². The van der Waals surface area contributed by atoms with Crippen LogP contribution in [0.1, 0.15) is 37.1 Å². The van der Waals surface area contributed by atoms with Gasteiger partial charge < -0.3 is 21.4 Å². The number of rotatable bonds is 7. The van der Waals surface area contributed by atoms with Gasteiger partial charge in [0.2, 0.25) is 17.7 Å². The molecule has 2 atom stereocenters. The molecule has 0 saturated heterocycles. The maximum atomic E-state index is 13.7. The molecule has 34 heavy (non-hydrogen) atoms. The minimum Gasteiger partial charge on any atom is -0.368 e. The number of para-hydroxylation sites is 1. The summed E-state index contributed by atoms with van der Waals surface area (Å²) in [5, 5.41) is 7.40. The van der Waals surface area contributed by atoms with E-state index >= 15 is 0 Å². The molecule has 4 rings (SSSR count). The molecule has 0 unspecified atom stereocenters. The van der Waals surface area contributed by atoms with Crippen molar-refractivity contribution in [1.29, 1.82) is 0 Å². The first kappa shape index (κ1) is 23.8. The maximum absolute atomic E-state index is 13.7. The number of carbonyl (C=O) groups is 3. The Morgan fingerprint density at radius 3 is 2.62 bits per heavy atom. The van der Waals surface area contributed by atoms with Gasteiger partial charge in [-0.2, -0.15) is 0 Å². The molecule has 0 fully saturated rings. The second kappa shape index (κ2) is 9.50. The summed E-state index contributed by atoms with van der Waals surface area (Å²) in [5.74, 6) is -1.48. The van der Waals surface area contributed by atoms with E-state index in [9.17, 15) is 14.4 Å². The lowest BCUT2D eigenvalue weighted by atomic mass is 9.78. The zero-order valence-corrected chi connectivity index (χ0v) is 20.0. The van der Waals surface area contributed by atoms with E-state index in [0.717, 1.165) is 27.7 Å². The average Bonchev–Trinajstić information content (AvgIpc) is 3.14. The minimum atomic E-state index is -1.21. The quantitative estimate of drug-likeness (QED) is 0.416. The summed E-state index contributed by atoms with van der Waals surface area (Å²) in [6, 6.07) is 14.1. The van der Waals surface area contributed by atoms with Gasteiger partial charge in [0.15, 0.2) is 0 Å². The molecule has 1 aliphatic rings. The third-order valence-electron chi connectivity index (χ3n) is 6.51. The Labute approximate surface area is 203 Å². The second-order valence-corrected chi connectivity index (χ2v) is 9.78. The lowest BCUT2D eigenvalue weighted by Crippen LogP contribution is -2.64. The Morgan fingerprint density at radius 2 is 1.91 bits per heavy atom. The van der Waals surface area contributed by atoms with Gasteiger partial charge in [-0.15, -0.1) is 0 Å². The number of benzene rings is 2. The van der Waals surface area contributed by atoms with Gasteiger partial charge in [-0.1, -0.05) is 55.8 Å². The fraction of sp³-hybridized carbons (Fsp3) is 0.346. The Morgan fingerprint density at radius 1 is 1.15 bits per heavy atom. The number of aryl methyl sites for hydroxylation is 1. The van der Waals surface area contributed by atoms with Gasteiger partial charge in [0.25, 0.3) is 0 Å². The number of hydrogen-bond donors (Lipinski definition) is 4. The molecule has 0 aliphatic heterocycles. The maximum Gasteiger partial charge on any atom is 0.246 e. The topological polar surface area (TPSA) is 117 Å². The van der Waals surface area contributed by atoms with E-state index in [0.29, 0.717) is 24.3 Å². The molecule has 3 aromatic rings. The smallest absolute Gasteiger partial charge is 0.246 e. The lowest BCUT2D eigenvalue weighted by Gasteiger charge is -2.38. The van der Waals surface area contributed by atoms with Crippen LogP contribution in [0.4, 0.5) is 0 Å². The van der Waals surface area contributed by atoms with Crippen LogP contribution in [0.2, 0.25) is 5.02 Å². The molecule has 2 aromatic carbocycles. The number of H-pyrrole nitrogens is 1. The SMILES string of the molecule is CC(C)[C@H](NC(=O)[C@@]1(NC(=O)Cc2cccc(Cl)c2)CCc2[nH]c3ccccc3c2C1)C(N)=O. The lowest BCUT2D eigenvalue weighted by molar-refractivity contribution is -0.136. The highest BCUT2D eigenvalue weighted by molar-refractivity contribution is 6.30. The highest BCUT2D eigenvalue weighted by Gasteiger charge is 2.45. The van der Waals surface area contributed by atoms with Crippen molar-refractivity contribution in [2.24, 2.45) is 11.7 Å². The summed E-state index contributed by atoms with van der Waals surface area (Å²) in [4.78, 5) is 42.2. The number of halogens is 1. The molecule has 0 spiro atoms. The van der Waals surface area contributed by atoms with Crippen LogP contribution in [0.3, 0.4) is 0 Å². The number of nitrogens with two attached hydrogens (primary N) is 1. The molecule has 1 aliphatic carbocycles. The summed E-state index contributed by atoms with van der Waals surface area (Å²) >= 11 is 6.07. The van der Waals surface area contributed by atoms with E-state index in [1.165, 1.54) is 0 Å². The Balaban J connectivity index is 1.67. The van der Waals surface area contributed by atoms with Gasteiger partial charge in [0.05, 0.1) is 6.42 Å². The molecule has 1 aromatic heterocycles. The number of primary amides is 1. The Kier molecular flexibility index (Phi) is 6.66. The fourth-order valence-corrected chi connectivity index (χ4v) is 4.96. The van der Waals surface area contributed by atoms with Crippen molar-refractivity contribution in [1.82, 2.24) is 15.6 Å². The molecule has 7 nitrogen and oxygen atoms in total. The standard InChI is InChI=1S/C26H29ClN4O3/c1-15(2)23(24(28)33)30-25(34)26(31-22(32)13-16-6-5-7-17(27)12-16)11-10-21-19(14-26)18-8-3-4-9-20(18)29-21/h3-9,12,15,23,29H,10-11,13-14H2,1-2H3,(H2,28,33)(H,30,34)(H,31,32)/t23-,26+/m0/s1. The first-order valence-electron chi connectivity index (χ1n) is 11.4. The molecule has 8 heteroatoms. The molecular formula is C26H29ClN4O3. The van der Waals surface area contributed by atoms with Gasteiger partial charge >= 0.3 is 0 Å². The molecule has 178 valence electrons. The van der Waals surface area contributed by atoms with Gasteiger partial charge in [0, 0.05) is 28.0 Å². The van der Waals surface area contributed by atoms with Crippen LogP contribution in [0.25, 0.3) is 10.9 Å². The van der Waals surface area contributed by atoms with Gasteiger partial charge in [-0.05, 0) is 48.1 Å². The third-order valence-corrected chi connectivity index (χ3v) is 6.74. The van der Waals surface area contributed by atoms with E-state index in [2.05, 4.69) is 15.6 Å². The van der Waals surface area contributed by atoms with Gasteiger partial charge in [0.1, 0.15) is 11.6 Å². The number of amides is 3. The van der Waals surface area contributed by atoms with Crippen molar-refractivity contribution in [3.63, 3.8) is 0 Å². The van der Waals surface area contributed by atoms with Crippen molar-refractivity contribution >= 4 is 40.2 Å². The molecular weight excluding hydrogens is 452 g/mol. The van der Waals surface area contributed by atoms with Crippen LogP contribution in [0, 0.1) is 5.92 Å². The summed E-state index contributed by atoms with van der Waals surface area (Å²) in [6.45, 7) is 3.64. The summed E-state index contributed by atoms with van der Waals surface area (Å²) < 4.78 is 0. The Hall–Kier alpha value is -3.32. The Bertz CT molecular complexity index is 1250. The molecule has 3 amide bonds. The van der Waals surface area contributed by atoms with Crippen LogP contribution in [0.15, 0.2) is 48.5 Å². The highest BCUT2D eigenvalue weighted by atomic mass is 35.5. The normalized spacial score (nSPS) is 18.4. The van der Waals surface area contributed by atoms with Crippen molar-refractivity contribution in [3.8, 4) is 0 Å².